The van der Waals surface area contributed by atoms with Gasteiger partial charge < -0.3 is 5.11 Å². The van der Waals surface area contributed by atoms with Crippen LogP contribution >= 0.6 is 0 Å². The summed E-state index contributed by atoms with van der Waals surface area (Å²) in [6, 6.07) is 0. The zero-order chi connectivity index (χ0) is 8.04. The molecule has 0 heterocycles. The molecule has 1 N–H and O–H groups in total. The van der Waals surface area contributed by atoms with E-state index in [-0.39, 0.29) is 12.0 Å². The number of hydrogen-bond donors (Lipinski definition) is 1. The molecule has 0 radical (unpaired) electrons. The molecule has 0 aromatic carbocycles. The van der Waals surface area contributed by atoms with Crippen molar-refractivity contribution in [3.8, 4) is 0 Å². The highest BCUT2D eigenvalue weighted by atomic mass is 16.2. The zero-order valence-corrected chi connectivity index (χ0v) is 6.96. The average molecular weight is 140 g/mol. The van der Waals surface area contributed by atoms with E-state index in [2.05, 4.69) is 26.8 Å². The molecule has 0 saturated heterocycles. The van der Waals surface area contributed by atoms with Crippen molar-refractivity contribution in [2.75, 3.05) is 6.61 Å². The van der Waals surface area contributed by atoms with E-state index in [1.807, 2.05) is 12.2 Å². The quantitative estimate of drug-likeness (QED) is 0.583. The van der Waals surface area contributed by atoms with E-state index in [1.54, 1.807) is 6.08 Å². The van der Waals surface area contributed by atoms with E-state index in [0.29, 0.717) is 0 Å². The van der Waals surface area contributed by atoms with Crippen LogP contribution in [0.15, 0.2) is 24.3 Å². The summed E-state index contributed by atoms with van der Waals surface area (Å²) in [5.74, 6) is 0. The fourth-order valence-corrected chi connectivity index (χ4v) is 0.484. The molecule has 0 spiro atoms. The highest BCUT2D eigenvalue weighted by Crippen LogP contribution is 2.13. The Morgan fingerprint density at radius 2 is 1.80 bits per heavy atom. The molecule has 0 atom stereocenters. The Morgan fingerprint density at radius 1 is 1.20 bits per heavy atom. The van der Waals surface area contributed by atoms with Crippen LogP contribution < -0.4 is 0 Å². The Kier molecular flexibility index (Phi) is 4.05. The van der Waals surface area contributed by atoms with Gasteiger partial charge in [0, 0.05) is 0 Å². The summed E-state index contributed by atoms with van der Waals surface area (Å²) < 4.78 is 0. The first-order valence-corrected chi connectivity index (χ1v) is 3.51. The molecule has 0 amide bonds. The summed E-state index contributed by atoms with van der Waals surface area (Å²) in [5, 5.41) is 8.37. The van der Waals surface area contributed by atoms with Gasteiger partial charge in [-0.05, 0) is 5.41 Å². The molecule has 0 aromatic rings. The van der Waals surface area contributed by atoms with E-state index in [1.165, 1.54) is 0 Å². The predicted octanol–water partition coefficient (Wildman–Crippen LogP) is 2.14. The van der Waals surface area contributed by atoms with Crippen molar-refractivity contribution in [2.45, 2.75) is 20.8 Å². The van der Waals surface area contributed by atoms with Crippen molar-refractivity contribution in [1.29, 1.82) is 0 Å². The molecule has 1 heteroatoms. The summed E-state index contributed by atoms with van der Waals surface area (Å²) in [4.78, 5) is 0. The molecule has 58 valence electrons. The third kappa shape index (κ3) is 7.44. The Bertz CT molecular complexity index is 126. The van der Waals surface area contributed by atoms with E-state index in [0.717, 1.165) is 0 Å². The van der Waals surface area contributed by atoms with E-state index in [9.17, 15) is 0 Å². The first kappa shape index (κ1) is 9.44. The van der Waals surface area contributed by atoms with Crippen LogP contribution in [0.2, 0.25) is 0 Å². The Morgan fingerprint density at radius 3 is 2.20 bits per heavy atom. The van der Waals surface area contributed by atoms with E-state index >= 15 is 0 Å². The van der Waals surface area contributed by atoms with Crippen LogP contribution in [-0.4, -0.2) is 11.7 Å². The SMILES string of the molecule is CC(C)(C)/C=C/C=C/CO. The van der Waals surface area contributed by atoms with Gasteiger partial charge in [-0.2, -0.15) is 0 Å². The zero-order valence-electron chi connectivity index (χ0n) is 6.96. The second-order valence-electron chi connectivity index (χ2n) is 3.34. The molecular weight excluding hydrogens is 124 g/mol. The molecule has 0 fully saturated rings. The van der Waals surface area contributed by atoms with Crippen molar-refractivity contribution in [3.05, 3.63) is 24.3 Å². The smallest absolute Gasteiger partial charge is 0.0615 e. The summed E-state index contributed by atoms with van der Waals surface area (Å²) in [6.45, 7) is 6.53. The van der Waals surface area contributed by atoms with Crippen molar-refractivity contribution in [3.63, 3.8) is 0 Å². The van der Waals surface area contributed by atoms with Crippen molar-refractivity contribution >= 4 is 0 Å². The maximum absolute atomic E-state index is 8.37. The first-order valence-electron chi connectivity index (χ1n) is 3.51. The van der Waals surface area contributed by atoms with Crippen LogP contribution in [0.5, 0.6) is 0 Å². The summed E-state index contributed by atoms with van der Waals surface area (Å²) >= 11 is 0. The Labute approximate surface area is 63.1 Å². The molecule has 0 aliphatic heterocycles. The van der Waals surface area contributed by atoms with Gasteiger partial charge in [-0.1, -0.05) is 45.1 Å². The highest BCUT2D eigenvalue weighted by Gasteiger charge is 2.01. The van der Waals surface area contributed by atoms with Gasteiger partial charge in [0.15, 0.2) is 0 Å². The Hall–Kier alpha value is -0.560. The predicted molar refractivity (Wildman–Crippen MR) is 44.8 cm³/mol. The van der Waals surface area contributed by atoms with Crippen molar-refractivity contribution in [2.24, 2.45) is 5.41 Å². The van der Waals surface area contributed by atoms with Gasteiger partial charge in [-0.15, -0.1) is 0 Å². The lowest BCUT2D eigenvalue weighted by molar-refractivity contribution is 0.342. The fourth-order valence-electron chi connectivity index (χ4n) is 0.484. The lowest BCUT2D eigenvalue weighted by Crippen LogP contribution is -1.97. The molecule has 0 rings (SSSR count). The van der Waals surface area contributed by atoms with Gasteiger partial charge in [0.2, 0.25) is 0 Å². The fraction of sp³-hybridized carbons (Fsp3) is 0.556. The minimum Gasteiger partial charge on any atom is -0.392 e. The van der Waals surface area contributed by atoms with Crippen LogP contribution in [0.25, 0.3) is 0 Å². The number of rotatable bonds is 2. The number of hydrogen-bond acceptors (Lipinski definition) is 1. The molecule has 0 bridgehead atoms. The van der Waals surface area contributed by atoms with Crippen molar-refractivity contribution < 1.29 is 5.11 Å². The lowest BCUT2D eigenvalue weighted by atomic mass is 9.96. The van der Waals surface area contributed by atoms with Gasteiger partial charge >= 0.3 is 0 Å². The third-order valence-corrected chi connectivity index (χ3v) is 0.949. The second kappa shape index (κ2) is 4.29. The molecule has 10 heavy (non-hydrogen) atoms. The molecule has 0 aromatic heterocycles. The highest BCUT2D eigenvalue weighted by molar-refractivity contribution is 5.05. The van der Waals surface area contributed by atoms with Gasteiger partial charge in [-0.3, -0.25) is 0 Å². The van der Waals surface area contributed by atoms with E-state index < -0.39 is 0 Å². The topological polar surface area (TPSA) is 20.2 Å². The van der Waals surface area contributed by atoms with Crippen LogP contribution in [0.4, 0.5) is 0 Å². The maximum Gasteiger partial charge on any atom is 0.0615 e. The summed E-state index contributed by atoms with van der Waals surface area (Å²) in [5.41, 5.74) is 0.236. The molecule has 1 nitrogen and oxygen atoms in total. The largest absolute Gasteiger partial charge is 0.392 e. The third-order valence-electron chi connectivity index (χ3n) is 0.949. The maximum atomic E-state index is 8.37. The molecule has 0 saturated carbocycles. The van der Waals surface area contributed by atoms with Crippen LogP contribution in [0, 0.1) is 5.41 Å². The lowest BCUT2D eigenvalue weighted by Gasteiger charge is -2.09. The van der Waals surface area contributed by atoms with Gasteiger partial charge in [-0.25, -0.2) is 0 Å². The number of aliphatic hydroxyl groups excluding tert-OH is 1. The minimum atomic E-state index is 0.120. The first-order chi connectivity index (χ1) is 4.56. The summed E-state index contributed by atoms with van der Waals surface area (Å²) in [7, 11) is 0. The number of allylic oxidation sites excluding steroid dienone is 3. The standard InChI is InChI=1S/C9H16O/c1-9(2,3)7-5-4-6-8-10/h4-7,10H,8H2,1-3H3/b6-4+,7-5+. The van der Waals surface area contributed by atoms with Crippen molar-refractivity contribution in [1.82, 2.24) is 0 Å². The van der Waals surface area contributed by atoms with Gasteiger partial charge in [0.05, 0.1) is 6.61 Å². The summed E-state index contributed by atoms with van der Waals surface area (Å²) in [6.07, 6.45) is 7.61. The van der Waals surface area contributed by atoms with Crippen LogP contribution in [-0.2, 0) is 0 Å². The molecule has 0 aliphatic rings. The van der Waals surface area contributed by atoms with E-state index in [4.69, 9.17) is 5.11 Å². The average Bonchev–Trinajstić information content (AvgIpc) is 1.78. The van der Waals surface area contributed by atoms with Gasteiger partial charge in [0.1, 0.15) is 0 Å². The Balaban J connectivity index is 3.66. The van der Waals surface area contributed by atoms with Crippen LogP contribution in [0.1, 0.15) is 20.8 Å². The second-order valence-corrected chi connectivity index (χ2v) is 3.34. The minimum absolute atomic E-state index is 0.120. The monoisotopic (exact) mass is 140 g/mol. The van der Waals surface area contributed by atoms with Gasteiger partial charge in [0.25, 0.3) is 0 Å². The molecule has 0 aliphatic carbocycles. The molecular formula is C9H16O. The van der Waals surface area contributed by atoms with Crippen LogP contribution in [0.3, 0.4) is 0 Å². The normalized spacial score (nSPS) is 13.6. The number of aliphatic hydroxyl groups is 1. The molecule has 0 unspecified atom stereocenters.